The number of nitrogens with one attached hydrogen (secondary N) is 1. The molecule has 0 unspecified atom stereocenters. The standard InChI is InChI=1S/C19H20N2O4/c1-11-9-12(2)21(14-4-5-14)19(23)17(11)18(22)20-13-3-6-15-16(10-13)25-8-7-24-15/h3,6,9-10,14H,4-5,7-8H2,1-2H3,(H,20,22). The monoisotopic (exact) mass is 340 g/mol. The van der Waals surface area contributed by atoms with Gasteiger partial charge in [-0.2, -0.15) is 0 Å². The summed E-state index contributed by atoms with van der Waals surface area (Å²) in [6.45, 7) is 4.70. The lowest BCUT2D eigenvalue weighted by molar-refractivity contribution is 0.102. The van der Waals surface area contributed by atoms with Crippen molar-refractivity contribution < 1.29 is 14.3 Å². The van der Waals surface area contributed by atoms with Crippen LogP contribution < -0.4 is 20.3 Å². The number of amides is 1. The lowest BCUT2D eigenvalue weighted by Crippen LogP contribution is -2.31. The van der Waals surface area contributed by atoms with Crippen LogP contribution in [0.25, 0.3) is 0 Å². The van der Waals surface area contributed by atoms with Gasteiger partial charge in [0.2, 0.25) is 0 Å². The molecule has 130 valence electrons. The Bertz CT molecular complexity index is 912. The first-order valence-corrected chi connectivity index (χ1v) is 8.48. The van der Waals surface area contributed by atoms with Gasteiger partial charge in [0.05, 0.1) is 0 Å². The highest BCUT2D eigenvalue weighted by Crippen LogP contribution is 2.35. The summed E-state index contributed by atoms with van der Waals surface area (Å²) in [7, 11) is 0. The second-order valence-electron chi connectivity index (χ2n) is 6.56. The number of nitrogens with zero attached hydrogens (tertiary/aromatic N) is 1. The van der Waals surface area contributed by atoms with Crippen LogP contribution in [0.3, 0.4) is 0 Å². The molecule has 2 heterocycles. The summed E-state index contributed by atoms with van der Waals surface area (Å²) >= 11 is 0. The second-order valence-corrected chi connectivity index (χ2v) is 6.56. The van der Waals surface area contributed by atoms with Gasteiger partial charge in [-0.3, -0.25) is 9.59 Å². The quantitative estimate of drug-likeness (QED) is 0.933. The molecule has 1 N–H and O–H groups in total. The molecule has 2 aromatic rings. The van der Waals surface area contributed by atoms with Crippen LogP contribution in [0, 0.1) is 13.8 Å². The van der Waals surface area contributed by atoms with E-state index in [0.29, 0.717) is 36.0 Å². The molecule has 1 aliphatic heterocycles. The van der Waals surface area contributed by atoms with Crippen molar-refractivity contribution in [3.8, 4) is 11.5 Å². The van der Waals surface area contributed by atoms with Gasteiger partial charge in [0.25, 0.3) is 11.5 Å². The lowest BCUT2D eigenvalue weighted by Gasteiger charge is -2.19. The highest BCUT2D eigenvalue weighted by Gasteiger charge is 2.28. The third-order valence-electron chi connectivity index (χ3n) is 4.57. The SMILES string of the molecule is Cc1cc(C)n(C2CC2)c(=O)c1C(=O)Nc1ccc2c(c1)OCCO2. The van der Waals surface area contributed by atoms with Crippen LogP contribution in [0.4, 0.5) is 5.69 Å². The maximum Gasteiger partial charge on any atom is 0.264 e. The molecular formula is C19H20N2O4. The molecular weight excluding hydrogens is 320 g/mol. The number of carbonyl (C=O) groups is 1. The van der Waals surface area contributed by atoms with Crippen molar-refractivity contribution in [1.82, 2.24) is 4.57 Å². The van der Waals surface area contributed by atoms with E-state index in [-0.39, 0.29) is 17.2 Å². The van der Waals surface area contributed by atoms with E-state index in [4.69, 9.17) is 9.47 Å². The number of rotatable bonds is 3. The van der Waals surface area contributed by atoms with Crippen LogP contribution in [0.2, 0.25) is 0 Å². The molecule has 1 aromatic heterocycles. The number of benzene rings is 1. The Balaban J connectivity index is 1.65. The minimum atomic E-state index is -0.395. The third-order valence-corrected chi connectivity index (χ3v) is 4.57. The molecule has 6 nitrogen and oxygen atoms in total. The van der Waals surface area contributed by atoms with E-state index in [1.165, 1.54) is 0 Å². The van der Waals surface area contributed by atoms with Crippen molar-refractivity contribution >= 4 is 11.6 Å². The smallest absolute Gasteiger partial charge is 0.264 e. The molecule has 6 heteroatoms. The highest BCUT2D eigenvalue weighted by atomic mass is 16.6. The Kier molecular flexibility index (Phi) is 3.75. The van der Waals surface area contributed by atoms with E-state index >= 15 is 0 Å². The first-order chi connectivity index (χ1) is 12.0. The summed E-state index contributed by atoms with van der Waals surface area (Å²) in [5.74, 6) is 0.862. The third kappa shape index (κ3) is 2.88. The van der Waals surface area contributed by atoms with Crippen LogP contribution in [0.1, 0.15) is 40.5 Å². The molecule has 1 aliphatic carbocycles. The molecule has 25 heavy (non-hydrogen) atoms. The molecule has 0 saturated heterocycles. The van der Waals surface area contributed by atoms with Gasteiger partial charge in [0, 0.05) is 23.5 Å². The number of ether oxygens (including phenoxy) is 2. The number of pyridine rings is 1. The summed E-state index contributed by atoms with van der Waals surface area (Å²) in [5, 5.41) is 2.81. The number of carbonyl (C=O) groups excluding carboxylic acids is 1. The van der Waals surface area contributed by atoms with E-state index in [2.05, 4.69) is 5.32 Å². The molecule has 2 aliphatic rings. The molecule has 0 atom stereocenters. The number of hydrogen-bond acceptors (Lipinski definition) is 4. The zero-order valence-corrected chi connectivity index (χ0v) is 14.3. The fourth-order valence-electron chi connectivity index (χ4n) is 3.28. The number of hydrogen-bond donors (Lipinski definition) is 1. The molecule has 0 spiro atoms. The molecule has 1 fully saturated rings. The predicted octanol–water partition coefficient (Wildman–Crippen LogP) is 2.82. The minimum absolute atomic E-state index is 0.201. The first kappa shape index (κ1) is 15.7. The van der Waals surface area contributed by atoms with Crippen LogP contribution in [-0.4, -0.2) is 23.7 Å². The molecule has 1 amide bonds. The normalized spacial score (nSPS) is 15.8. The van der Waals surface area contributed by atoms with Crippen molar-refractivity contribution in [2.24, 2.45) is 0 Å². The molecule has 0 radical (unpaired) electrons. The van der Waals surface area contributed by atoms with Gasteiger partial charge in [-0.05, 0) is 50.5 Å². The van der Waals surface area contributed by atoms with E-state index in [1.807, 2.05) is 13.0 Å². The van der Waals surface area contributed by atoms with Gasteiger partial charge in [-0.1, -0.05) is 0 Å². The Morgan fingerprint density at radius 1 is 1.12 bits per heavy atom. The maximum absolute atomic E-state index is 12.8. The lowest BCUT2D eigenvalue weighted by atomic mass is 10.1. The predicted molar refractivity (Wildman–Crippen MR) is 93.8 cm³/mol. The van der Waals surface area contributed by atoms with Crippen molar-refractivity contribution in [2.45, 2.75) is 32.7 Å². The van der Waals surface area contributed by atoms with Gasteiger partial charge in [0.1, 0.15) is 18.8 Å². The van der Waals surface area contributed by atoms with Crippen molar-refractivity contribution in [1.29, 1.82) is 0 Å². The van der Waals surface area contributed by atoms with E-state index in [9.17, 15) is 9.59 Å². The van der Waals surface area contributed by atoms with Gasteiger partial charge < -0.3 is 19.4 Å². The zero-order chi connectivity index (χ0) is 17.6. The molecule has 1 saturated carbocycles. The van der Waals surface area contributed by atoms with E-state index in [1.54, 1.807) is 29.7 Å². The Hall–Kier alpha value is -2.76. The maximum atomic E-state index is 12.8. The van der Waals surface area contributed by atoms with Crippen LogP contribution in [0.5, 0.6) is 11.5 Å². The first-order valence-electron chi connectivity index (χ1n) is 8.48. The minimum Gasteiger partial charge on any atom is -0.486 e. The molecule has 4 rings (SSSR count). The number of aromatic nitrogens is 1. The summed E-state index contributed by atoms with van der Waals surface area (Å²) < 4.78 is 12.8. The Labute approximate surface area is 145 Å². The average Bonchev–Trinajstić information content (AvgIpc) is 3.39. The molecule has 1 aromatic carbocycles. The second kappa shape index (κ2) is 5.95. The van der Waals surface area contributed by atoms with Crippen LogP contribution >= 0.6 is 0 Å². The fraction of sp³-hybridized carbons (Fsp3) is 0.368. The van der Waals surface area contributed by atoms with Crippen molar-refractivity contribution in [2.75, 3.05) is 18.5 Å². The van der Waals surface area contributed by atoms with E-state index in [0.717, 1.165) is 18.5 Å². The summed E-state index contributed by atoms with van der Waals surface area (Å²) in [4.78, 5) is 25.5. The fourth-order valence-corrected chi connectivity index (χ4v) is 3.28. The van der Waals surface area contributed by atoms with Gasteiger partial charge in [-0.15, -0.1) is 0 Å². The van der Waals surface area contributed by atoms with Gasteiger partial charge in [0.15, 0.2) is 11.5 Å². The summed E-state index contributed by atoms with van der Waals surface area (Å²) in [6, 6.07) is 7.35. The van der Waals surface area contributed by atoms with Gasteiger partial charge in [-0.25, -0.2) is 0 Å². The van der Waals surface area contributed by atoms with Crippen molar-refractivity contribution in [3.05, 3.63) is 51.4 Å². The average molecular weight is 340 g/mol. The van der Waals surface area contributed by atoms with E-state index < -0.39 is 5.91 Å². The number of aryl methyl sites for hydroxylation is 2. The van der Waals surface area contributed by atoms with Crippen molar-refractivity contribution in [3.63, 3.8) is 0 Å². The Morgan fingerprint density at radius 2 is 1.84 bits per heavy atom. The highest BCUT2D eigenvalue weighted by molar-refractivity contribution is 6.05. The van der Waals surface area contributed by atoms with Gasteiger partial charge >= 0.3 is 0 Å². The largest absolute Gasteiger partial charge is 0.486 e. The summed E-state index contributed by atoms with van der Waals surface area (Å²) in [5.41, 5.74) is 2.16. The zero-order valence-electron chi connectivity index (χ0n) is 14.3. The van der Waals surface area contributed by atoms with Crippen LogP contribution in [-0.2, 0) is 0 Å². The summed E-state index contributed by atoms with van der Waals surface area (Å²) in [6.07, 6.45) is 1.99. The number of anilines is 1. The number of fused-ring (bicyclic) bond motifs is 1. The topological polar surface area (TPSA) is 69.6 Å². The molecule has 0 bridgehead atoms. The van der Waals surface area contributed by atoms with Crippen LogP contribution in [0.15, 0.2) is 29.1 Å². The Morgan fingerprint density at radius 3 is 2.56 bits per heavy atom.